The molecule has 0 amide bonds. The van der Waals surface area contributed by atoms with Crippen LogP contribution in [0.1, 0.15) is 19.4 Å². The molecule has 0 saturated carbocycles. The number of hydrogen-bond acceptors (Lipinski definition) is 2. The van der Waals surface area contributed by atoms with E-state index in [4.69, 9.17) is 27.9 Å². The van der Waals surface area contributed by atoms with E-state index in [0.717, 1.165) is 18.7 Å². The molecule has 2 aromatic carbocycles. The van der Waals surface area contributed by atoms with Gasteiger partial charge in [-0.25, -0.2) is 0 Å². The summed E-state index contributed by atoms with van der Waals surface area (Å²) in [5.41, 5.74) is 1.13. The van der Waals surface area contributed by atoms with Crippen molar-refractivity contribution in [1.82, 2.24) is 5.32 Å². The average Bonchev–Trinajstić information content (AvgIpc) is 2.43. The Hall–Kier alpha value is -1.22. The molecule has 4 heteroatoms. The first-order chi connectivity index (χ1) is 10.1. The van der Waals surface area contributed by atoms with Gasteiger partial charge >= 0.3 is 0 Å². The Bertz CT molecular complexity index is 599. The van der Waals surface area contributed by atoms with Gasteiger partial charge in [0.2, 0.25) is 0 Å². The Morgan fingerprint density at radius 3 is 2.38 bits per heavy atom. The van der Waals surface area contributed by atoms with E-state index < -0.39 is 0 Å². The van der Waals surface area contributed by atoms with Crippen molar-refractivity contribution >= 4 is 23.2 Å². The molecule has 0 aromatic heterocycles. The molecule has 0 heterocycles. The smallest absolute Gasteiger partial charge is 0.146 e. The minimum absolute atomic E-state index is 0.566. The third-order valence-electron chi connectivity index (χ3n) is 2.93. The highest BCUT2D eigenvalue weighted by Gasteiger charge is 2.07. The second-order valence-corrected chi connectivity index (χ2v) is 6.14. The average molecular weight is 324 g/mol. The molecule has 2 nitrogen and oxygen atoms in total. The maximum absolute atomic E-state index is 6.28. The van der Waals surface area contributed by atoms with Gasteiger partial charge in [-0.3, -0.25) is 0 Å². The molecule has 2 aromatic rings. The lowest BCUT2D eigenvalue weighted by atomic mass is 10.2. The fourth-order valence-corrected chi connectivity index (χ4v) is 2.30. The van der Waals surface area contributed by atoms with Gasteiger partial charge in [-0.2, -0.15) is 0 Å². The van der Waals surface area contributed by atoms with Crippen molar-refractivity contribution in [3.8, 4) is 11.5 Å². The van der Waals surface area contributed by atoms with Gasteiger partial charge < -0.3 is 10.1 Å². The highest BCUT2D eigenvalue weighted by molar-refractivity contribution is 6.32. The van der Waals surface area contributed by atoms with E-state index in [-0.39, 0.29) is 0 Å². The Balaban J connectivity index is 2.04. The van der Waals surface area contributed by atoms with E-state index in [9.17, 15) is 0 Å². The number of ether oxygens (including phenoxy) is 1. The first kappa shape index (κ1) is 16.2. The van der Waals surface area contributed by atoms with E-state index in [2.05, 4.69) is 19.2 Å². The van der Waals surface area contributed by atoms with Crippen LogP contribution in [-0.2, 0) is 6.54 Å². The number of para-hydroxylation sites is 1. The topological polar surface area (TPSA) is 21.3 Å². The van der Waals surface area contributed by atoms with Gasteiger partial charge in [0.05, 0.1) is 10.0 Å². The number of hydrogen-bond donors (Lipinski definition) is 1. The summed E-state index contributed by atoms with van der Waals surface area (Å²) >= 11 is 12.4. The minimum atomic E-state index is 0.566. The maximum Gasteiger partial charge on any atom is 0.146 e. The summed E-state index contributed by atoms with van der Waals surface area (Å²) in [4.78, 5) is 0. The van der Waals surface area contributed by atoms with Gasteiger partial charge in [0, 0.05) is 6.54 Å². The third kappa shape index (κ3) is 4.92. The van der Waals surface area contributed by atoms with Crippen LogP contribution in [0, 0.1) is 5.92 Å². The molecule has 0 bridgehead atoms. The van der Waals surface area contributed by atoms with Gasteiger partial charge in [-0.1, -0.05) is 55.2 Å². The summed E-state index contributed by atoms with van der Waals surface area (Å²) in [5, 5.41) is 4.53. The lowest BCUT2D eigenvalue weighted by Gasteiger charge is -2.11. The van der Waals surface area contributed by atoms with Crippen molar-refractivity contribution in [1.29, 1.82) is 0 Å². The molecule has 21 heavy (non-hydrogen) atoms. The minimum Gasteiger partial charge on any atom is -0.454 e. The first-order valence-electron chi connectivity index (χ1n) is 6.98. The normalized spacial score (nSPS) is 10.9. The van der Waals surface area contributed by atoms with Crippen LogP contribution in [-0.4, -0.2) is 6.54 Å². The third-order valence-corrected chi connectivity index (χ3v) is 3.54. The molecule has 0 saturated heterocycles. The molecule has 0 aliphatic heterocycles. The van der Waals surface area contributed by atoms with Crippen molar-refractivity contribution < 1.29 is 4.74 Å². The number of rotatable bonds is 6. The number of halogens is 2. The fourth-order valence-electron chi connectivity index (χ4n) is 1.89. The summed E-state index contributed by atoms with van der Waals surface area (Å²) in [6.45, 7) is 6.14. The standard InChI is InChI=1S/C17H19Cl2NO/c1-12(2)10-20-11-13-7-8-17(15(19)9-13)21-16-6-4-3-5-14(16)18/h3-9,12,20H,10-11H2,1-2H3. The predicted octanol–water partition coefficient (Wildman–Crippen LogP) is 5.53. The first-order valence-corrected chi connectivity index (χ1v) is 7.73. The molecule has 112 valence electrons. The highest BCUT2D eigenvalue weighted by atomic mass is 35.5. The Labute approximate surface area is 136 Å². The second kappa shape index (κ2) is 7.69. The molecule has 0 aliphatic rings. The lowest BCUT2D eigenvalue weighted by molar-refractivity contribution is 0.482. The zero-order valence-corrected chi connectivity index (χ0v) is 13.7. The van der Waals surface area contributed by atoms with Crippen molar-refractivity contribution in [2.45, 2.75) is 20.4 Å². The van der Waals surface area contributed by atoms with Crippen molar-refractivity contribution in [2.24, 2.45) is 5.92 Å². The summed E-state index contributed by atoms with van der Waals surface area (Å²) in [6, 6.07) is 13.1. The van der Waals surface area contributed by atoms with Crippen LogP contribution in [0.5, 0.6) is 11.5 Å². The molecule has 0 fully saturated rings. The Morgan fingerprint density at radius 1 is 1.00 bits per heavy atom. The Morgan fingerprint density at radius 2 is 1.71 bits per heavy atom. The van der Waals surface area contributed by atoms with Crippen molar-refractivity contribution in [3.05, 3.63) is 58.1 Å². The van der Waals surface area contributed by atoms with Crippen LogP contribution in [0.3, 0.4) is 0 Å². The van der Waals surface area contributed by atoms with Crippen LogP contribution in [0.15, 0.2) is 42.5 Å². The van der Waals surface area contributed by atoms with Gasteiger partial charge in [-0.15, -0.1) is 0 Å². The number of nitrogens with one attached hydrogen (secondary N) is 1. The van der Waals surface area contributed by atoms with E-state index in [1.165, 1.54) is 0 Å². The maximum atomic E-state index is 6.28. The summed E-state index contributed by atoms with van der Waals surface area (Å²) in [7, 11) is 0. The van der Waals surface area contributed by atoms with Gasteiger partial charge in [0.25, 0.3) is 0 Å². The molecule has 0 atom stereocenters. The number of benzene rings is 2. The molecule has 2 rings (SSSR count). The highest BCUT2D eigenvalue weighted by Crippen LogP contribution is 2.33. The van der Waals surface area contributed by atoms with Gasteiger partial charge in [0.15, 0.2) is 0 Å². The molecule has 1 N–H and O–H groups in total. The fraction of sp³-hybridized carbons (Fsp3) is 0.294. The van der Waals surface area contributed by atoms with E-state index in [1.807, 2.05) is 36.4 Å². The van der Waals surface area contributed by atoms with E-state index >= 15 is 0 Å². The molecular weight excluding hydrogens is 305 g/mol. The van der Waals surface area contributed by atoms with Crippen molar-refractivity contribution in [2.75, 3.05) is 6.54 Å². The molecule has 0 aliphatic carbocycles. The van der Waals surface area contributed by atoms with Crippen LogP contribution >= 0.6 is 23.2 Å². The lowest BCUT2D eigenvalue weighted by Crippen LogP contribution is -2.18. The largest absolute Gasteiger partial charge is 0.454 e. The summed E-state index contributed by atoms with van der Waals surface area (Å²) in [5.74, 6) is 1.84. The molecule has 0 unspecified atom stereocenters. The molecular formula is C17H19Cl2NO. The second-order valence-electron chi connectivity index (χ2n) is 5.32. The summed E-state index contributed by atoms with van der Waals surface area (Å²) in [6.07, 6.45) is 0. The molecule has 0 radical (unpaired) electrons. The van der Waals surface area contributed by atoms with Crippen LogP contribution in [0.25, 0.3) is 0 Å². The van der Waals surface area contributed by atoms with Crippen LogP contribution in [0.4, 0.5) is 0 Å². The quantitative estimate of drug-likeness (QED) is 0.754. The zero-order chi connectivity index (χ0) is 15.2. The predicted molar refractivity (Wildman–Crippen MR) is 89.5 cm³/mol. The van der Waals surface area contributed by atoms with E-state index in [0.29, 0.717) is 27.5 Å². The Kier molecular flexibility index (Phi) is 5.92. The van der Waals surface area contributed by atoms with Crippen molar-refractivity contribution in [3.63, 3.8) is 0 Å². The monoisotopic (exact) mass is 323 g/mol. The van der Waals surface area contributed by atoms with Crippen LogP contribution in [0.2, 0.25) is 10.0 Å². The van der Waals surface area contributed by atoms with Gasteiger partial charge in [0.1, 0.15) is 11.5 Å². The van der Waals surface area contributed by atoms with Gasteiger partial charge in [-0.05, 0) is 42.3 Å². The zero-order valence-electron chi connectivity index (χ0n) is 12.2. The SMILES string of the molecule is CC(C)CNCc1ccc(Oc2ccccc2Cl)c(Cl)c1. The van der Waals surface area contributed by atoms with Crippen LogP contribution < -0.4 is 10.1 Å². The summed E-state index contributed by atoms with van der Waals surface area (Å²) < 4.78 is 5.75. The molecule has 0 spiro atoms. The van der Waals surface area contributed by atoms with E-state index in [1.54, 1.807) is 6.07 Å².